The van der Waals surface area contributed by atoms with Crippen molar-refractivity contribution in [1.29, 1.82) is 0 Å². The van der Waals surface area contributed by atoms with E-state index in [9.17, 15) is 0 Å². The zero-order chi connectivity index (χ0) is 8.65. The lowest BCUT2D eigenvalue weighted by molar-refractivity contribution is 0.600. The summed E-state index contributed by atoms with van der Waals surface area (Å²) < 4.78 is 0. The Kier molecular flexibility index (Phi) is 2.10. The second kappa shape index (κ2) is 2.63. The smallest absolute Gasteiger partial charge is 0.0131 e. The van der Waals surface area contributed by atoms with Crippen LogP contribution in [0.4, 0.5) is 0 Å². The summed E-state index contributed by atoms with van der Waals surface area (Å²) in [7, 11) is 0. The third kappa shape index (κ3) is 1.64. The molecule has 0 amide bonds. The van der Waals surface area contributed by atoms with Crippen molar-refractivity contribution in [1.82, 2.24) is 0 Å². The first kappa shape index (κ1) is 8.79. The molecule has 0 aliphatic rings. The Bertz CT molecular complexity index is 250. The van der Waals surface area contributed by atoms with Gasteiger partial charge in [-0.05, 0) is 35.8 Å². The first-order valence-electron chi connectivity index (χ1n) is 3.98. The van der Waals surface area contributed by atoms with Gasteiger partial charge in [0.1, 0.15) is 0 Å². The average Bonchev–Trinajstić information content (AvgIpc) is 2.11. The normalized spacial score (nSPS) is 12.1. The molecule has 1 aromatic heterocycles. The number of aryl methyl sites for hydroxylation is 1. The Hall–Kier alpha value is -0.300. The van der Waals surface area contributed by atoms with Crippen LogP contribution in [-0.4, -0.2) is 0 Å². The first-order valence-corrected chi connectivity index (χ1v) is 4.86. The molecule has 62 valence electrons. The second-order valence-corrected chi connectivity index (χ2v) is 5.00. The lowest BCUT2D eigenvalue weighted by Crippen LogP contribution is -2.10. The minimum absolute atomic E-state index is 0.322. The van der Waals surface area contributed by atoms with Crippen molar-refractivity contribution in [2.45, 2.75) is 40.0 Å². The Labute approximate surface area is 73.3 Å². The molecule has 1 heterocycles. The maximum Gasteiger partial charge on any atom is 0.0131 e. The van der Waals surface area contributed by atoms with Crippen LogP contribution in [-0.2, 0) is 5.41 Å². The molecule has 0 saturated heterocycles. The van der Waals surface area contributed by atoms with E-state index < -0.39 is 0 Å². The van der Waals surface area contributed by atoms with Gasteiger partial charge in [0.25, 0.3) is 0 Å². The summed E-state index contributed by atoms with van der Waals surface area (Å²) in [5, 5.41) is 2.25. The van der Waals surface area contributed by atoms with Crippen LogP contribution in [0, 0.1) is 13.8 Å². The Morgan fingerprint density at radius 2 is 1.73 bits per heavy atom. The van der Waals surface area contributed by atoms with Crippen LogP contribution in [0.15, 0.2) is 5.38 Å². The van der Waals surface area contributed by atoms with E-state index in [1.165, 1.54) is 16.0 Å². The van der Waals surface area contributed by atoms with E-state index >= 15 is 0 Å². The van der Waals surface area contributed by atoms with Crippen molar-refractivity contribution in [3.05, 3.63) is 21.4 Å². The molecule has 11 heavy (non-hydrogen) atoms. The van der Waals surface area contributed by atoms with Gasteiger partial charge in [0, 0.05) is 4.88 Å². The molecular weight excluding hydrogens is 152 g/mol. The molecule has 0 aromatic carbocycles. The number of hydrogen-bond acceptors (Lipinski definition) is 1. The maximum absolute atomic E-state index is 2.27. The number of hydrogen-bond donors (Lipinski definition) is 0. The Morgan fingerprint density at radius 3 is 1.91 bits per heavy atom. The minimum atomic E-state index is 0.322. The highest BCUT2D eigenvalue weighted by atomic mass is 32.1. The molecule has 0 atom stereocenters. The van der Waals surface area contributed by atoms with E-state index in [1.807, 2.05) is 11.3 Å². The van der Waals surface area contributed by atoms with Crippen LogP contribution < -0.4 is 0 Å². The van der Waals surface area contributed by atoms with E-state index in [4.69, 9.17) is 0 Å². The van der Waals surface area contributed by atoms with Crippen LogP contribution >= 0.6 is 11.3 Å². The van der Waals surface area contributed by atoms with Gasteiger partial charge in [-0.1, -0.05) is 20.8 Å². The van der Waals surface area contributed by atoms with E-state index in [2.05, 4.69) is 40.0 Å². The van der Waals surface area contributed by atoms with Crippen molar-refractivity contribution in [2.75, 3.05) is 0 Å². The van der Waals surface area contributed by atoms with Crippen molar-refractivity contribution in [3.63, 3.8) is 0 Å². The molecule has 1 heteroatoms. The monoisotopic (exact) mass is 168 g/mol. The Balaban J connectivity index is 3.15. The highest BCUT2D eigenvalue weighted by Crippen LogP contribution is 2.32. The van der Waals surface area contributed by atoms with E-state index in [0.29, 0.717) is 5.41 Å². The highest BCUT2D eigenvalue weighted by Gasteiger charge is 2.18. The topological polar surface area (TPSA) is 0 Å². The van der Waals surface area contributed by atoms with Gasteiger partial charge < -0.3 is 0 Å². The highest BCUT2D eigenvalue weighted by molar-refractivity contribution is 7.10. The molecule has 0 aliphatic heterocycles. The molecule has 0 aliphatic carbocycles. The van der Waals surface area contributed by atoms with Gasteiger partial charge in [-0.25, -0.2) is 0 Å². The average molecular weight is 168 g/mol. The predicted octanol–water partition coefficient (Wildman–Crippen LogP) is 3.66. The van der Waals surface area contributed by atoms with Gasteiger partial charge in [0.2, 0.25) is 0 Å². The van der Waals surface area contributed by atoms with Crippen LogP contribution in [0.5, 0.6) is 0 Å². The lowest BCUT2D eigenvalue weighted by Gasteiger charge is -2.17. The maximum atomic E-state index is 2.27. The molecule has 0 radical (unpaired) electrons. The van der Waals surface area contributed by atoms with Crippen LogP contribution in [0.1, 0.15) is 36.8 Å². The molecule has 1 aromatic rings. The van der Waals surface area contributed by atoms with Gasteiger partial charge in [0.05, 0.1) is 0 Å². The molecule has 0 nitrogen and oxygen atoms in total. The summed E-state index contributed by atoms with van der Waals surface area (Å²) in [5.74, 6) is 0. The summed E-state index contributed by atoms with van der Waals surface area (Å²) in [5.41, 5.74) is 3.23. The van der Waals surface area contributed by atoms with Crippen LogP contribution in [0.2, 0.25) is 0 Å². The van der Waals surface area contributed by atoms with E-state index in [1.54, 1.807) is 0 Å². The van der Waals surface area contributed by atoms with Crippen molar-refractivity contribution < 1.29 is 0 Å². The quantitative estimate of drug-likeness (QED) is 0.554. The fourth-order valence-corrected chi connectivity index (χ4v) is 2.41. The third-order valence-electron chi connectivity index (χ3n) is 1.97. The van der Waals surface area contributed by atoms with E-state index in [0.717, 1.165) is 0 Å². The van der Waals surface area contributed by atoms with Gasteiger partial charge >= 0.3 is 0 Å². The predicted molar refractivity (Wildman–Crippen MR) is 52.5 cm³/mol. The largest absolute Gasteiger partial charge is 0.148 e. The fraction of sp³-hybridized carbons (Fsp3) is 0.600. The summed E-state index contributed by atoms with van der Waals surface area (Å²) in [6.45, 7) is 11.2. The molecule has 0 spiro atoms. The Morgan fingerprint density at radius 1 is 1.18 bits per heavy atom. The summed E-state index contributed by atoms with van der Waals surface area (Å²) in [6.07, 6.45) is 0. The standard InChI is InChI=1S/C10H16S/c1-7-6-11-9(8(7)2)10(3,4)5/h6H,1-5H3. The zero-order valence-electron chi connectivity index (χ0n) is 7.99. The molecule has 1 rings (SSSR count). The van der Waals surface area contributed by atoms with Gasteiger partial charge in [-0.3, -0.25) is 0 Å². The van der Waals surface area contributed by atoms with Crippen molar-refractivity contribution >= 4 is 11.3 Å². The van der Waals surface area contributed by atoms with Gasteiger partial charge in [0.15, 0.2) is 0 Å². The van der Waals surface area contributed by atoms with Gasteiger partial charge in [-0.15, -0.1) is 11.3 Å². The van der Waals surface area contributed by atoms with Crippen LogP contribution in [0.3, 0.4) is 0 Å². The minimum Gasteiger partial charge on any atom is -0.148 e. The molecular formula is C10H16S. The van der Waals surface area contributed by atoms with Gasteiger partial charge in [-0.2, -0.15) is 0 Å². The second-order valence-electron chi connectivity index (χ2n) is 4.12. The first-order chi connectivity index (χ1) is 4.93. The van der Waals surface area contributed by atoms with Crippen molar-refractivity contribution in [2.24, 2.45) is 0 Å². The van der Waals surface area contributed by atoms with Crippen molar-refractivity contribution in [3.8, 4) is 0 Å². The molecule has 0 N–H and O–H groups in total. The summed E-state index contributed by atoms with van der Waals surface area (Å²) >= 11 is 1.88. The van der Waals surface area contributed by atoms with E-state index in [-0.39, 0.29) is 0 Å². The third-order valence-corrected chi connectivity index (χ3v) is 3.59. The number of thiophene rings is 1. The molecule has 0 saturated carbocycles. The summed E-state index contributed by atoms with van der Waals surface area (Å²) in [4.78, 5) is 1.52. The zero-order valence-corrected chi connectivity index (χ0v) is 8.80. The number of rotatable bonds is 0. The summed E-state index contributed by atoms with van der Waals surface area (Å²) in [6, 6.07) is 0. The SMILES string of the molecule is Cc1csc(C(C)(C)C)c1C. The lowest BCUT2D eigenvalue weighted by atomic mass is 9.91. The molecule has 0 fully saturated rings. The van der Waals surface area contributed by atoms with Crippen LogP contribution in [0.25, 0.3) is 0 Å². The molecule has 0 unspecified atom stereocenters. The fourth-order valence-electron chi connectivity index (χ4n) is 1.24. The molecule has 0 bridgehead atoms.